The Hall–Kier alpha value is -2.05. The van der Waals surface area contributed by atoms with Crippen molar-refractivity contribution < 1.29 is 4.79 Å². The molecule has 0 fully saturated rings. The second-order valence-electron chi connectivity index (χ2n) is 7.58. The minimum Gasteiger partial charge on any atom is -0.359 e. The molecule has 1 aliphatic rings. The number of hydrogen-bond acceptors (Lipinski definition) is 5. The summed E-state index contributed by atoms with van der Waals surface area (Å²) in [5.74, 6) is 6.95. The Morgan fingerprint density at radius 2 is 2.00 bits per heavy atom. The number of rotatable bonds is 9. The maximum atomic E-state index is 11.7. The number of amides is 1. The van der Waals surface area contributed by atoms with Gasteiger partial charge in [-0.3, -0.25) is 16.1 Å². The van der Waals surface area contributed by atoms with Crippen LogP contribution in [0, 0.1) is 23.7 Å². The third-order valence-corrected chi connectivity index (χ3v) is 5.56. The van der Waals surface area contributed by atoms with Crippen LogP contribution in [-0.4, -0.2) is 24.9 Å². The van der Waals surface area contributed by atoms with E-state index in [1.807, 2.05) is 6.21 Å². The van der Waals surface area contributed by atoms with Gasteiger partial charge in [-0.1, -0.05) is 51.5 Å². The molecule has 27 heavy (non-hydrogen) atoms. The lowest BCUT2D eigenvalue weighted by molar-refractivity contribution is -0.121. The topological polar surface area (TPSA) is 91.9 Å². The summed E-state index contributed by atoms with van der Waals surface area (Å²) in [5, 5.41) is 11.5. The zero-order valence-corrected chi connectivity index (χ0v) is 16.9. The van der Waals surface area contributed by atoms with E-state index in [0.717, 1.165) is 29.7 Å². The monoisotopic (exact) mass is 371 g/mol. The van der Waals surface area contributed by atoms with Gasteiger partial charge in [-0.25, -0.2) is 0 Å². The van der Waals surface area contributed by atoms with Gasteiger partial charge in [0.05, 0.1) is 5.71 Å². The van der Waals surface area contributed by atoms with Crippen molar-refractivity contribution in [3.05, 3.63) is 35.4 Å². The average molecular weight is 372 g/mol. The van der Waals surface area contributed by atoms with Crippen LogP contribution in [0.4, 0.5) is 0 Å². The van der Waals surface area contributed by atoms with Crippen LogP contribution in [0.25, 0.3) is 0 Å². The standard InChI is InChI=1S/C21H33N5O/c1-5-17(10-14(2)11-20(27)23-4)19-13-25-26-21(15(19)3)18-8-6-16(7-9-18)12-24-22/h6-9,13-15,17,19,24H,5,10-12,22H2,1-4H3,(H,23,27). The first kappa shape index (κ1) is 21.3. The molecular formula is C21H33N5O. The van der Waals surface area contributed by atoms with Crippen molar-refractivity contribution in [1.29, 1.82) is 0 Å². The van der Waals surface area contributed by atoms with Gasteiger partial charge in [0.25, 0.3) is 0 Å². The summed E-state index contributed by atoms with van der Waals surface area (Å²) in [6.45, 7) is 7.25. The van der Waals surface area contributed by atoms with E-state index in [2.05, 4.69) is 66.0 Å². The summed E-state index contributed by atoms with van der Waals surface area (Å²) in [5.41, 5.74) is 5.96. The van der Waals surface area contributed by atoms with Gasteiger partial charge in [-0.15, -0.1) is 0 Å². The Bertz CT molecular complexity index is 668. The molecule has 0 aromatic heterocycles. The van der Waals surface area contributed by atoms with Crippen LogP contribution in [0.2, 0.25) is 0 Å². The molecule has 1 aliphatic heterocycles. The van der Waals surface area contributed by atoms with E-state index in [-0.39, 0.29) is 11.8 Å². The quantitative estimate of drug-likeness (QED) is 0.460. The lowest BCUT2D eigenvalue weighted by atomic mass is 9.74. The summed E-state index contributed by atoms with van der Waals surface area (Å²) < 4.78 is 0. The Morgan fingerprint density at radius 1 is 1.30 bits per heavy atom. The fourth-order valence-electron chi connectivity index (χ4n) is 3.95. The van der Waals surface area contributed by atoms with E-state index in [1.165, 1.54) is 0 Å². The average Bonchev–Trinajstić information content (AvgIpc) is 2.67. The molecule has 0 bridgehead atoms. The second kappa shape index (κ2) is 10.3. The first-order chi connectivity index (χ1) is 13.0. The van der Waals surface area contributed by atoms with Gasteiger partial charge in [0.1, 0.15) is 0 Å². The van der Waals surface area contributed by atoms with Gasteiger partial charge < -0.3 is 5.32 Å². The maximum Gasteiger partial charge on any atom is 0.220 e. The van der Waals surface area contributed by atoms with Gasteiger partial charge in [0.2, 0.25) is 5.91 Å². The van der Waals surface area contributed by atoms with Gasteiger partial charge in [-0.05, 0) is 29.4 Å². The molecule has 1 aromatic carbocycles. The highest BCUT2D eigenvalue weighted by Gasteiger charge is 2.31. The number of nitrogens with one attached hydrogen (secondary N) is 2. The summed E-state index contributed by atoms with van der Waals surface area (Å²) in [7, 11) is 1.69. The molecule has 6 heteroatoms. The van der Waals surface area contributed by atoms with Crippen LogP contribution >= 0.6 is 0 Å². The Kier molecular flexibility index (Phi) is 8.13. The molecular weight excluding hydrogens is 338 g/mol. The molecule has 6 nitrogen and oxygen atoms in total. The molecule has 0 saturated heterocycles. The highest BCUT2D eigenvalue weighted by Crippen LogP contribution is 2.33. The van der Waals surface area contributed by atoms with Gasteiger partial charge in [-0.2, -0.15) is 10.2 Å². The normalized spacial score (nSPS) is 21.4. The van der Waals surface area contributed by atoms with Crippen LogP contribution in [0.15, 0.2) is 34.5 Å². The van der Waals surface area contributed by atoms with E-state index < -0.39 is 0 Å². The van der Waals surface area contributed by atoms with Crippen molar-refractivity contribution in [1.82, 2.24) is 10.7 Å². The molecule has 4 atom stereocenters. The second-order valence-corrected chi connectivity index (χ2v) is 7.58. The zero-order chi connectivity index (χ0) is 19.8. The molecule has 1 aromatic rings. The minimum atomic E-state index is 0.108. The number of nitrogens with zero attached hydrogens (tertiary/aromatic N) is 2. The van der Waals surface area contributed by atoms with E-state index in [0.29, 0.717) is 30.7 Å². The Morgan fingerprint density at radius 3 is 2.59 bits per heavy atom. The van der Waals surface area contributed by atoms with E-state index >= 15 is 0 Å². The number of benzene rings is 1. The molecule has 0 spiro atoms. The van der Waals surface area contributed by atoms with E-state index in [1.54, 1.807) is 7.05 Å². The fourth-order valence-corrected chi connectivity index (χ4v) is 3.95. The number of nitrogens with two attached hydrogens (primary N) is 1. The van der Waals surface area contributed by atoms with Crippen LogP contribution < -0.4 is 16.6 Å². The van der Waals surface area contributed by atoms with E-state index in [4.69, 9.17) is 5.84 Å². The van der Waals surface area contributed by atoms with Crippen LogP contribution in [0.5, 0.6) is 0 Å². The van der Waals surface area contributed by atoms with Crippen molar-refractivity contribution >= 4 is 17.8 Å². The molecule has 1 heterocycles. The number of carbonyl (C=O) groups is 1. The Balaban J connectivity index is 2.09. The smallest absolute Gasteiger partial charge is 0.220 e. The van der Waals surface area contributed by atoms with Crippen molar-refractivity contribution in [2.24, 2.45) is 39.7 Å². The SMILES string of the molecule is CCC(CC(C)CC(=O)NC)C1C=NN=C(c2ccc(CNN)cc2)C1C. The molecule has 0 saturated carbocycles. The van der Waals surface area contributed by atoms with Gasteiger partial charge in [0.15, 0.2) is 0 Å². The lowest BCUT2D eigenvalue weighted by Crippen LogP contribution is -2.33. The highest BCUT2D eigenvalue weighted by atomic mass is 16.1. The predicted molar refractivity (Wildman–Crippen MR) is 111 cm³/mol. The highest BCUT2D eigenvalue weighted by molar-refractivity contribution is 6.04. The fraction of sp³-hybridized carbons (Fsp3) is 0.571. The van der Waals surface area contributed by atoms with Gasteiger partial charge in [0, 0.05) is 38.1 Å². The molecule has 4 unspecified atom stereocenters. The van der Waals surface area contributed by atoms with E-state index in [9.17, 15) is 4.79 Å². The molecule has 1 amide bonds. The lowest BCUT2D eigenvalue weighted by Gasteiger charge is -2.32. The third kappa shape index (κ3) is 5.71. The maximum absolute atomic E-state index is 11.7. The summed E-state index contributed by atoms with van der Waals surface area (Å²) in [6, 6.07) is 8.32. The molecule has 2 rings (SSSR count). The van der Waals surface area contributed by atoms with Crippen molar-refractivity contribution in [2.75, 3.05) is 7.05 Å². The summed E-state index contributed by atoms with van der Waals surface area (Å²) in [6.07, 6.45) is 4.65. The minimum absolute atomic E-state index is 0.108. The van der Waals surface area contributed by atoms with Crippen molar-refractivity contribution in [3.63, 3.8) is 0 Å². The summed E-state index contributed by atoms with van der Waals surface area (Å²) >= 11 is 0. The molecule has 0 aliphatic carbocycles. The largest absolute Gasteiger partial charge is 0.359 e. The zero-order valence-electron chi connectivity index (χ0n) is 16.9. The Labute approximate surface area is 162 Å². The van der Waals surface area contributed by atoms with Crippen molar-refractivity contribution in [2.45, 2.75) is 46.6 Å². The van der Waals surface area contributed by atoms with Gasteiger partial charge >= 0.3 is 0 Å². The first-order valence-corrected chi connectivity index (χ1v) is 9.84. The first-order valence-electron chi connectivity index (χ1n) is 9.84. The number of carbonyl (C=O) groups excluding carboxylic acids is 1. The number of hydrogen-bond donors (Lipinski definition) is 3. The molecule has 148 valence electrons. The molecule has 0 radical (unpaired) electrons. The van der Waals surface area contributed by atoms with Crippen molar-refractivity contribution in [3.8, 4) is 0 Å². The predicted octanol–water partition coefficient (Wildman–Crippen LogP) is 2.88. The number of hydrazine groups is 1. The van der Waals surface area contributed by atoms with Crippen LogP contribution in [0.3, 0.4) is 0 Å². The van der Waals surface area contributed by atoms with Crippen LogP contribution in [-0.2, 0) is 11.3 Å². The summed E-state index contributed by atoms with van der Waals surface area (Å²) in [4.78, 5) is 11.7. The molecule has 4 N–H and O–H groups in total. The third-order valence-electron chi connectivity index (χ3n) is 5.56. The van der Waals surface area contributed by atoms with Crippen LogP contribution in [0.1, 0.15) is 51.2 Å².